The van der Waals surface area contributed by atoms with Crippen molar-refractivity contribution in [2.75, 3.05) is 5.73 Å². The molecule has 1 aromatic carbocycles. The Hall–Kier alpha value is -0.800. The molecule has 4 heteroatoms. The first-order valence-electron chi connectivity index (χ1n) is 3.60. The van der Waals surface area contributed by atoms with Gasteiger partial charge in [0.15, 0.2) is 0 Å². The quantitative estimate of drug-likeness (QED) is 0.760. The molecule has 0 aliphatic carbocycles. The van der Waals surface area contributed by atoms with E-state index in [0.29, 0.717) is 5.56 Å². The molecule has 2 aromatic rings. The summed E-state index contributed by atoms with van der Waals surface area (Å²) in [5.74, 6) is 0. The van der Waals surface area contributed by atoms with Gasteiger partial charge >= 0.3 is 0 Å². The van der Waals surface area contributed by atoms with Crippen LogP contribution in [0.4, 0.5) is 5.00 Å². The van der Waals surface area contributed by atoms with E-state index < -0.39 is 0 Å². The number of rotatable bonds is 0. The van der Waals surface area contributed by atoms with Crippen LogP contribution in [0.2, 0.25) is 0 Å². The number of thiophene rings is 1. The number of hydrogen-bond donors (Lipinski definition) is 1. The molecule has 0 saturated heterocycles. The topological polar surface area (TPSA) is 49.8 Å². The first-order chi connectivity index (χ1) is 6.22. The Kier molecular flexibility index (Phi) is 2.14. The summed E-state index contributed by atoms with van der Waals surface area (Å²) in [5, 5.41) is 10.7. The van der Waals surface area contributed by atoms with Crippen molar-refractivity contribution in [2.24, 2.45) is 0 Å². The molecule has 0 atom stereocenters. The van der Waals surface area contributed by atoms with E-state index in [4.69, 9.17) is 11.0 Å². The predicted molar refractivity (Wildman–Crippen MR) is 63.7 cm³/mol. The lowest BCUT2D eigenvalue weighted by atomic mass is 10.2. The highest BCUT2D eigenvalue weighted by atomic mass is 127. The fourth-order valence-electron chi connectivity index (χ4n) is 1.20. The van der Waals surface area contributed by atoms with Crippen molar-refractivity contribution >= 4 is 49.0 Å². The monoisotopic (exact) mass is 300 g/mol. The Morgan fingerprint density at radius 3 is 2.92 bits per heavy atom. The van der Waals surface area contributed by atoms with Gasteiger partial charge in [-0.3, -0.25) is 0 Å². The fourth-order valence-corrected chi connectivity index (χ4v) is 2.90. The molecular weight excluding hydrogens is 295 g/mol. The van der Waals surface area contributed by atoms with E-state index in [1.54, 1.807) is 0 Å². The molecule has 13 heavy (non-hydrogen) atoms. The van der Waals surface area contributed by atoms with Crippen molar-refractivity contribution in [3.05, 3.63) is 27.3 Å². The van der Waals surface area contributed by atoms with Gasteiger partial charge in [-0.05, 0) is 40.8 Å². The zero-order valence-corrected chi connectivity index (χ0v) is 9.52. The predicted octanol–water partition coefficient (Wildman–Crippen LogP) is 2.96. The lowest BCUT2D eigenvalue weighted by Gasteiger charge is -1.94. The third-order valence-electron chi connectivity index (χ3n) is 1.77. The van der Waals surface area contributed by atoms with Crippen LogP contribution < -0.4 is 5.73 Å². The van der Waals surface area contributed by atoms with Crippen molar-refractivity contribution in [2.45, 2.75) is 0 Å². The van der Waals surface area contributed by atoms with E-state index in [0.717, 1.165) is 18.7 Å². The lowest BCUT2D eigenvalue weighted by molar-refractivity contribution is 1.51. The molecule has 0 saturated carbocycles. The number of nitrogen functional groups attached to an aromatic ring is 1. The number of benzene rings is 1. The van der Waals surface area contributed by atoms with E-state index in [1.807, 2.05) is 18.2 Å². The van der Waals surface area contributed by atoms with Crippen molar-refractivity contribution in [1.82, 2.24) is 0 Å². The molecule has 1 heterocycles. The van der Waals surface area contributed by atoms with Crippen molar-refractivity contribution in [1.29, 1.82) is 5.26 Å². The van der Waals surface area contributed by atoms with E-state index in [-0.39, 0.29) is 0 Å². The van der Waals surface area contributed by atoms with E-state index in [2.05, 4.69) is 28.7 Å². The highest BCUT2D eigenvalue weighted by Gasteiger charge is 2.07. The van der Waals surface area contributed by atoms with Gasteiger partial charge in [-0.15, -0.1) is 11.3 Å². The van der Waals surface area contributed by atoms with Crippen molar-refractivity contribution < 1.29 is 0 Å². The van der Waals surface area contributed by atoms with Crippen LogP contribution in [-0.4, -0.2) is 0 Å². The van der Waals surface area contributed by atoms with Crippen LogP contribution in [0.1, 0.15) is 5.56 Å². The third-order valence-corrected chi connectivity index (χ3v) is 3.71. The van der Waals surface area contributed by atoms with E-state index in [9.17, 15) is 0 Å². The van der Waals surface area contributed by atoms with Crippen LogP contribution in [0, 0.1) is 14.9 Å². The number of hydrogen-bond acceptors (Lipinski definition) is 3. The fraction of sp³-hybridized carbons (Fsp3) is 0. The minimum absolute atomic E-state index is 0.706. The largest absolute Gasteiger partial charge is 0.391 e. The number of anilines is 1. The molecule has 0 bridgehead atoms. The Bertz CT molecular complexity index is 510. The summed E-state index contributed by atoms with van der Waals surface area (Å²) in [4.78, 5) is 0. The van der Waals surface area contributed by atoms with Gasteiger partial charge in [0.2, 0.25) is 0 Å². The maximum absolute atomic E-state index is 8.85. The molecule has 0 unspecified atom stereocenters. The normalized spacial score (nSPS) is 10.2. The lowest BCUT2D eigenvalue weighted by Crippen LogP contribution is -1.77. The first kappa shape index (κ1) is 8.78. The second-order valence-electron chi connectivity index (χ2n) is 2.60. The molecule has 0 spiro atoms. The molecule has 0 aliphatic heterocycles. The highest BCUT2D eigenvalue weighted by molar-refractivity contribution is 14.1. The Morgan fingerprint density at radius 2 is 2.23 bits per heavy atom. The summed E-state index contributed by atoms with van der Waals surface area (Å²) in [6.07, 6.45) is 0. The third kappa shape index (κ3) is 1.38. The van der Waals surface area contributed by atoms with Gasteiger partial charge < -0.3 is 5.73 Å². The van der Waals surface area contributed by atoms with Crippen LogP contribution in [0.5, 0.6) is 0 Å². The summed E-state index contributed by atoms with van der Waals surface area (Å²) in [7, 11) is 0. The molecule has 2 nitrogen and oxygen atoms in total. The molecule has 0 fully saturated rings. The standard InChI is InChI=1S/C9H5IN2S/c10-7-2-1-5(4-11)9-6(7)3-8(12)13-9/h1-3H,12H2. The number of nitrogens with two attached hydrogens (primary N) is 1. The number of fused-ring (bicyclic) bond motifs is 1. The Morgan fingerprint density at radius 1 is 1.46 bits per heavy atom. The summed E-state index contributed by atoms with van der Waals surface area (Å²) in [5.41, 5.74) is 6.39. The highest BCUT2D eigenvalue weighted by Crippen LogP contribution is 2.33. The number of nitriles is 1. The van der Waals surface area contributed by atoms with Crippen LogP contribution in [0.15, 0.2) is 18.2 Å². The molecular formula is C9H5IN2S. The van der Waals surface area contributed by atoms with Crippen LogP contribution in [0.3, 0.4) is 0 Å². The van der Waals surface area contributed by atoms with Gasteiger partial charge in [0.05, 0.1) is 15.3 Å². The minimum atomic E-state index is 0.706. The maximum atomic E-state index is 8.85. The average molecular weight is 300 g/mol. The van der Waals surface area contributed by atoms with Gasteiger partial charge in [-0.1, -0.05) is 0 Å². The molecule has 1 aromatic heterocycles. The van der Waals surface area contributed by atoms with Crippen LogP contribution >= 0.6 is 33.9 Å². The van der Waals surface area contributed by atoms with Crippen molar-refractivity contribution in [3.63, 3.8) is 0 Å². The number of nitrogens with zero attached hydrogens (tertiary/aromatic N) is 1. The second-order valence-corrected chi connectivity index (χ2v) is 4.84. The smallest absolute Gasteiger partial charge is 0.101 e. The summed E-state index contributed by atoms with van der Waals surface area (Å²) in [6, 6.07) is 7.85. The second kappa shape index (κ2) is 3.16. The molecule has 2 rings (SSSR count). The van der Waals surface area contributed by atoms with Gasteiger partial charge in [0, 0.05) is 8.96 Å². The Labute approximate surface area is 93.1 Å². The van der Waals surface area contributed by atoms with Gasteiger partial charge in [-0.25, -0.2) is 0 Å². The molecule has 0 amide bonds. The Balaban J connectivity index is 2.94. The maximum Gasteiger partial charge on any atom is 0.101 e. The van der Waals surface area contributed by atoms with Crippen LogP contribution in [0.25, 0.3) is 10.1 Å². The average Bonchev–Trinajstić information content (AvgIpc) is 2.48. The van der Waals surface area contributed by atoms with Gasteiger partial charge in [0.1, 0.15) is 6.07 Å². The molecule has 0 radical (unpaired) electrons. The summed E-state index contributed by atoms with van der Waals surface area (Å²) < 4.78 is 2.13. The molecule has 0 aliphatic rings. The number of halogens is 1. The van der Waals surface area contributed by atoms with E-state index >= 15 is 0 Å². The van der Waals surface area contributed by atoms with Crippen molar-refractivity contribution in [3.8, 4) is 6.07 Å². The van der Waals surface area contributed by atoms with E-state index in [1.165, 1.54) is 11.3 Å². The van der Waals surface area contributed by atoms with Crippen LogP contribution in [-0.2, 0) is 0 Å². The first-order valence-corrected chi connectivity index (χ1v) is 5.49. The van der Waals surface area contributed by atoms with Gasteiger partial charge in [-0.2, -0.15) is 5.26 Å². The zero-order chi connectivity index (χ0) is 9.42. The minimum Gasteiger partial charge on any atom is -0.391 e. The summed E-state index contributed by atoms with van der Waals surface area (Å²) >= 11 is 3.71. The summed E-state index contributed by atoms with van der Waals surface area (Å²) in [6.45, 7) is 0. The molecule has 2 N–H and O–H groups in total. The van der Waals surface area contributed by atoms with Gasteiger partial charge in [0.25, 0.3) is 0 Å². The SMILES string of the molecule is N#Cc1ccc(I)c2cc(N)sc12. The molecule has 64 valence electrons. The zero-order valence-electron chi connectivity index (χ0n) is 6.54.